The lowest BCUT2D eigenvalue weighted by Crippen LogP contribution is -2.48. The molecule has 0 saturated carbocycles. The van der Waals surface area contributed by atoms with E-state index < -0.39 is 0 Å². The number of ether oxygens (including phenoxy) is 1. The molecule has 2 saturated heterocycles. The first-order valence-corrected chi connectivity index (χ1v) is 7.25. The number of hydrogen-bond donors (Lipinski definition) is 1. The van der Waals surface area contributed by atoms with Gasteiger partial charge < -0.3 is 10.1 Å². The molecule has 6 heteroatoms. The SMILES string of the molecule is COC(=O)C(C)N1CCCC(C2CCNCC2)C1.Cl.Cl. The minimum atomic E-state index is -0.0963. The van der Waals surface area contributed by atoms with Gasteiger partial charge in [0.15, 0.2) is 0 Å². The summed E-state index contributed by atoms with van der Waals surface area (Å²) in [5.41, 5.74) is 0. The Morgan fingerprint density at radius 2 is 1.85 bits per heavy atom. The second kappa shape index (κ2) is 9.82. The summed E-state index contributed by atoms with van der Waals surface area (Å²) in [5.74, 6) is 1.52. The van der Waals surface area contributed by atoms with Crippen LogP contribution in [0.5, 0.6) is 0 Å². The molecule has 0 spiro atoms. The van der Waals surface area contributed by atoms with Crippen LogP contribution in [-0.4, -0.2) is 50.2 Å². The fourth-order valence-electron chi connectivity index (χ4n) is 3.41. The van der Waals surface area contributed by atoms with Gasteiger partial charge in [0.25, 0.3) is 0 Å². The van der Waals surface area contributed by atoms with Gasteiger partial charge in [-0.1, -0.05) is 0 Å². The van der Waals surface area contributed by atoms with Crippen molar-refractivity contribution in [3.8, 4) is 0 Å². The third-order valence-corrected chi connectivity index (χ3v) is 4.63. The van der Waals surface area contributed by atoms with Crippen molar-refractivity contribution < 1.29 is 9.53 Å². The number of nitrogens with zero attached hydrogens (tertiary/aromatic N) is 1. The maximum absolute atomic E-state index is 11.6. The molecule has 4 nitrogen and oxygen atoms in total. The predicted octanol–water partition coefficient (Wildman–Crippen LogP) is 2.10. The number of halogens is 2. The number of esters is 1. The van der Waals surface area contributed by atoms with Gasteiger partial charge in [0, 0.05) is 6.54 Å². The third-order valence-electron chi connectivity index (χ3n) is 4.63. The van der Waals surface area contributed by atoms with Crippen molar-refractivity contribution in [1.29, 1.82) is 0 Å². The highest BCUT2D eigenvalue weighted by Crippen LogP contribution is 2.30. The molecule has 20 heavy (non-hydrogen) atoms. The largest absolute Gasteiger partial charge is 0.468 e. The fraction of sp³-hybridized carbons (Fsp3) is 0.929. The molecule has 1 N–H and O–H groups in total. The number of carbonyl (C=O) groups is 1. The van der Waals surface area contributed by atoms with Crippen molar-refractivity contribution in [3.63, 3.8) is 0 Å². The molecule has 2 rings (SSSR count). The van der Waals surface area contributed by atoms with Crippen molar-refractivity contribution in [2.45, 2.75) is 38.6 Å². The van der Waals surface area contributed by atoms with Crippen molar-refractivity contribution in [2.24, 2.45) is 11.8 Å². The predicted molar refractivity (Wildman–Crippen MR) is 85.9 cm³/mol. The van der Waals surface area contributed by atoms with E-state index in [0.717, 1.165) is 38.0 Å². The van der Waals surface area contributed by atoms with Crippen LogP contribution in [0.25, 0.3) is 0 Å². The fourth-order valence-corrected chi connectivity index (χ4v) is 3.41. The molecule has 2 atom stereocenters. The molecule has 120 valence electrons. The van der Waals surface area contributed by atoms with Crippen molar-refractivity contribution >= 4 is 30.8 Å². The highest BCUT2D eigenvalue weighted by Gasteiger charge is 2.32. The van der Waals surface area contributed by atoms with Crippen LogP contribution < -0.4 is 5.32 Å². The van der Waals surface area contributed by atoms with E-state index in [1.54, 1.807) is 0 Å². The Bertz CT molecular complexity index is 286. The first-order valence-electron chi connectivity index (χ1n) is 7.25. The van der Waals surface area contributed by atoms with Gasteiger partial charge in [-0.15, -0.1) is 24.8 Å². The van der Waals surface area contributed by atoms with Crippen molar-refractivity contribution in [2.75, 3.05) is 33.3 Å². The summed E-state index contributed by atoms with van der Waals surface area (Å²) in [7, 11) is 1.48. The number of carbonyl (C=O) groups excluding carboxylic acids is 1. The van der Waals surface area contributed by atoms with E-state index in [1.165, 1.54) is 32.8 Å². The normalized spacial score (nSPS) is 26.0. The van der Waals surface area contributed by atoms with E-state index in [4.69, 9.17) is 4.74 Å². The molecule has 0 aromatic carbocycles. The topological polar surface area (TPSA) is 41.6 Å². The molecule has 0 radical (unpaired) electrons. The number of hydrogen-bond acceptors (Lipinski definition) is 4. The highest BCUT2D eigenvalue weighted by atomic mass is 35.5. The number of methoxy groups -OCH3 is 1. The van der Waals surface area contributed by atoms with Gasteiger partial charge in [-0.25, -0.2) is 0 Å². The average Bonchev–Trinajstić information content (AvgIpc) is 2.46. The quantitative estimate of drug-likeness (QED) is 0.806. The number of piperidine rings is 2. The Labute approximate surface area is 134 Å². The molecule has 2 aliphatic rings. The van der Waals surface area contributed by atoms with E-state index in [1.807, 2.05) is 6.92 Å². The summed E-state index contributed by atoms with van der Waals surface area (Å²) < 4.78 is 4.86. The van der Waals surface area contributed by atoms with Crippen LogP contribution in [0.2, 0.25) is 0 Å². The summed E-state index contributed by atoms with van der Waals surface area (Å²) in [6.45, 7) is 6.40. The average molecular weight is 327 g/mol. The van der Waals surface area contributed by atoms with E-state index in [0.29, 0.717) is 0 Å². The van der Waals surface area contributed by atoms with E-state index in [2.05, 4.69) is 10.2 Å². The van der Waals surface area contributed by atoms with Gasteiger partial charge in [-0.2, -0.15) is 0 Å². The maximum Gasteiger partial charge on any atom is 0.322 e. The van der Waals surface area contributed by atoms with Crippen LogP contribution in [0.4, 0.5) is 0 Å². The van der Waals surface area contributed by atoms with Crippen LogP contribution in [0, 0.1) is 11.8 Å². The van der Waals surface area contributed by atoms with Crippen LogP contribution in [0.1, 0.15) is 32.6 Å². The molecule has 0 aromatic heterocycles. The van der Waals surface area contributed by atoms with Gasteiger partial charge in [0.2, 0.25) is 0 Å². The van der Waals surface area contributed by atoms with Crippen LogP contribution in [-0.2, 0) is 9.53 Å². The summed E-state index contributed by atoms with van der Waals surface area (Å²) in [6.07, 6.45) is 5.14. The Kier molecular flexibility index (Phi) is 9.81. The molecular formula is C14H28Cl2N2O2. The minimum Gasteiger partial charge on any atom is -0.468 e. The Morgan fingerprint density at radius 3 is 2.45 bits per heavy atom. The minimum absolute atomic E-state index is 0. The summed E-state index contributed by atoms with van der Waals surface area (Å²) in [5, 5.41) is 3.43. The second-order valence-corrected chi connectivity index (χ2v) is 5.68. The van der Waals surface area contributed by atoms with E-state index >= 15 is 0 Å². The molecule has 0 aliphatic carbocycles. The van der Waals surface area contributed by atoms with Gasteiger partial charge in [0.05, 0.1) is 7.11 Å². The van der Waals surface area contributed by atoms with Gasteiger partial charge in [0.1, 0.15) is 6.04 Å². The zero-order valence-electron chi connectivity index (χ0n) is 12.5. The smallest absolute Gasteiger partial charge is 0.322 e. The maximum atomic E-state index is 11.6. The molecule has 2 unspecified atom stereocenters. The molecule has 0 bridgehead atoms. The monoisotopic (exact) mass is 326 g/mol. The lowest BCUT2D eigenvalue weighted by molar-refractivity contribution is -0.147. The first-order chi connectivity index (χ1) is 8.72. The first kappa shape index (κ1) is 20.0. The molecule has 2 fully saturated rings. The summed E-state index contributed by atoms with van der Waals surface area (Å²) in [4.78, 5) is 13.9. The van der Waals surface area contributed by atoms with Crippen molar-refractivity contribution in [3.05, 3.63) is 0 Å². The molecule has 2 heterocycles. The summed E-state index contributed by atoms with van der Waals surface area (Å²) in [6, 6.07) is -0.0838. The van der Waals surface area contributed by atoms with Crippen molar-refractivity contribution in [1.82, 2.24) is 10.2 Å². The van der Waals surface area contributed by atoms with Crippen LogP contribution in [0.3, 0.4) is 0 Å². The Balaban J connectivity index is 0.00000180. The van der Waals surface area contributed by atoms with E-state index in [-0.39, 0.29) is 36.8 Å². The molecule has 0 aromatic rings. The molecule has 0 amide bonds. The number of likely N-dealkylation sites (tertiary alicyclic amines) is 1. The lowest BCUT2D eigenvalue weighted by atomic mass is 9.80. The summed E-state index contributed by atoms with van der Waals surface area (Å²) >= 11 is 0. The van der Waals surface area contributed by atoms with Gasteiger partial charge >= 0.3 is 5.97 Å². The number of nitrogens with one attached hydrogen (secondary N) is 1. The van der Waals surface area contributed by atoms with Crippen LogP contribution in [0.15, 0.2) is 0 Å². The number of rotatable bonds is 3. The van der Waals surface area contributed by atoms with E-state index in [9.17, 15) is 4.79 Å². The van der Waals surface area contributed by atoms with Gasteiger partial charge in [-0.05, 0) is 64.1 Å². The molecular weight excluding hydrogens is 299 g/mol. The zero-order valence-corrected chi connectivity index (χ0v) is 14.1. The second-order valence-electron chi connectivity index (χ2n) is 5.68. The highest BCUT2D eigenvalue weighted by molar-refractivity contribution is 5.85. The lowest BCUT2D eigenvalue weighted by Gasteiger charge is -2.40. The molecule has 2 aliphatic heterocycles. The Morgan fingerprint density at radius 1 is 1.20 bits per heavy atom. The third kappa shape index (κ3) is 5.06. The Hall–Kier alpha value is -0.0300. The standard InChI is InChI=1S/C14H26N2O2.2ClH/c1-11(14(17)18-2)16-9-3-4-13(10-16)12-5-7-15-8-6-12;;/h11-13,15H,3-10H2,1-2H3;2*1H. The van der Waals surface area contributed by atoms with Crippen LogP contribution >= 0.6 is 24.8 Å². The van der Waals surface area contributed by atoms with Gasteiger partial charge in [-0.3, -0.25) is 9.69 Å². The zero-order chi connectivity index (χ0) is 13.0.